The maximum atomic E-state index is 11.7. The van der Waals surface area contributed by atoms with Gasteiger partial charge in [-0.1, -0.05) is 42.8 Å². The number of benzene rings is 2. The summed E-state index contributed by atoms with van der Waals surface area (Å²) in [4.78, 5) is 32.0. The lowest BCUT2D eigenvalue weighted by Crippen LogP contribution is -2.39. The van der Waals surface area contributed by atoms with Crippen molar-refractivity contribution in [3.05, 3.63) is 70.3 Å². The van der Waals surface area contributed by atoms with E-state index in [0.717, 1.165) is 23.6 Å². The van der Waals surface area contributed by atoms with Crippen molar-refractivity contribution in [2.75, 3.05) is 0 Å². The third-order valence-corrected chi connectivity index (χ3v) is 4.71. The Morgan fingerprint density at radius 2 is 1.29 bits per heavy atom. The zero-order chi connectivity index (χ0) is 26.8. The minimum absolute atomic E-state index is 0.308. The molecule has 0 aliphatic carbocycles. The fraction of sp³-hybridized carbons (Fsp3) is 0.375. The second-order valence-electron chi connectivity index (χ2n) is 7.67. The number of aromatic carboxylic acids is 1. The molecule has 0 radical (unpaired) electrons. The number of aryl methyl sites for hydroxylation is 3. The van der Waals surface area contributed by atoms with E-state index in [0.29, 0.717) is 11.1 Å². The standard InChI is InChI=1S/C11H12O3.C7H6O2.C6H11F3O2/c1-6-4-7(2)9(8(3)5-6)10(12)11(13)14;8-7(9)6-4-2-1-3-5-6;1-3(4(2)10)5(11)6(7,8)9/h4-5H,1-3H3,(H,13,14);1-5H,(H,8,9);3-5,10-11H,1-2H3. The average Bonchev–Trinajstić information content (AvgIpc) is 2.72. The number of hydrogen-bond donors (Lipinski definition) is 4. The van der Waals surface area contributed by atoms with E-state index in [2.05, 4.69) is 0 Å². The summed E-state index contributed by atoms with van der Waals surface area (Å²) in [6, 6.07) is 11.9. The van der Waals surface area contributed by atoms with Gasteiger partial charge in [0.05, 0.1) is 11.7 Å². The summed E-state index contributed by atoms with van der Waals surface area (Å²) in [6.45, 7) is 7.75. The quantitative estimate of drug-likeness (QED) is 0.368. The minimum Gasteiger partial charge on any atom is -0.478 e. The van der Waals surface area contributed by atoms with E-state index >= 15 is 0 Å². The van der Waals surface area contributed by atoms with Crippen LogP contribution in [0.3, 0.4) is 0 Å². The van der Waals surface area contributed by atoms with Crippen molar-refractivity contribution in [3.63, 3.8) is 0 Å². The second-order valence-corrected chi connectivity index (χ2v) is 7.67. The fourth-order valence-corrected chi connectivity index (χ4v) is 2.79. The van der Waals surface area contributed by atoms with Crippen LogP contribution in [-0.2, 0) is 4.79 Å². The Hall–Kier alpha value is -3.24. The molecule has 2 rings (SSSR count). The lowest BCUT2D eigenvalue weighted by Gasteiger charge is -2.23. The van der Waals surface area contributed by atoms with Gasteiger partial charge in [-0.15, -0.1) is 0 Å². The molecule has 0 heterocycles. The van der Waals surface area contributed by atoms with Gasteiger partial charge in [0.2, 0.25) is 0 Å². The van der Waals surface area contributed by atoms with E-state index < -0.39 is 42.0 Å². The number of carbonyl (C=O) groups excluding carboxylic acids is 1. The molecule has 3 unspecified atom stereocenters. The van der Waals surface area contributed by atoms with Crippen molar-refractivity contribution < 1.29 is 48.0 Å². The predicted octanol–water partition coefficient (Wildman–Crippen LogP) is 4.19. The number of carboxylic acid groups (broad SMARTS) is 2. The van der Waals surface area contributed by atoms with E-state index in [1.54, 1.807) is 44.2 Å². The summed E-state index contributed by atoms with van der Waals surface area (Å²) < 4.78 is 35.1. The third kappa shape index (κ3) is 10.1. The first-order chi connectivity index (χ1) is 15.5. The van der Waals surface area contributed by atoms with E-state index in [1.807, 2.05) is 19.1 Å². The molecule has 0 spiro atoms. The summed E-state index contributed by atoms with van der Waals surface area (Å²) in [6.07, 6.45) is -8.25. The number of carboxylic acids is 2. The van der Waals surface area contributed by atoms with Gasteiger partial charge in [-0.3, -0.25) is 4.79 Å². The van der Waals surface area contributed by atoms with Gasteiger partial charge in [0.1, 0.15) is 0 Å². The van der Waals surface area contributed by atoms with Crippen LogP contribution in [0, 0.1) is 26.7 Å². The maximum Gasteiger partial charge on any atom is 0.414 e. The number of alkyl halides is 3. The highest BCUT2D eigenvalue weighted by molar-refractivity contribution is 6.40. The lowest BCUT2D eigenvalue weighted by molar-refractivity contribution is -0.225. The second kappa shape index (κ2) is 13.5. The van der Waals surface area contributed by atoms with Gasteiger partial charge >= 0.3 is 18.1 Å². The molecule has 0 saturated heterocycles. The van der Waals surface area contributed by atoms with Crippen molar-refractivity contribution >= 4 is 17.7 Å². The zero-order valence-electron chi connectivity index (χ0n) is 19.4. The summed E-state index contributed by atoms with van der Waals surface area (Å²) in [7, 11) is 0. The van der Waals surface area contributed by atoms with E-state index in [4.69, 9.17) is 20.4 Å². The molecular weight excluding hydrogens is 457 g/mol. The Kier molecular flexibility index (Phi) is 12.2. The molecule has 4 N–H and O–H groups in total. The summed E-state index contributed by atoms with van der Waals surface area (Å²) in [5.41, 5.74) is 3.10. The number of hydrogen-bond acceptors (Lipinski definition) is 5. The van der Waals surface area contributed by atoms with E-state index in [-0.39, 0.29) is 0 Å². The van der Waals surface area contributed by atoms with Crippen molar-refractivity contribution in [2.24, 2.45) is 5.92 Å². The van der Waals surface area contributed by atoms with Crippen molar-refractivity contribution in [3.8, 4) is 0 Å². The zero-order valence-corrected chi connectivity index (χ0v) is 19.4. The van der Waals surface area contributed by atoms with Crippen molar-refractivity contribution in [1.29, 1.82) is 0 Å². The van der Waals surface area contributed by atoms with Crippen LogP contribution in [-0.4, -0.2) is 56.5 Å². The highest BCUT2D eigenvalue weighted by Crippen LogP contribution is 2.26. The van der Waals surface area contributed by atoms with Crippen LogP contribution in [0.15, 0.2) is 42.5 Å². The maximum absolute atomic E-state index is 11.7. The first-order valence-corrected chi connectivity index (χ1v) is 10.1. The summed E-state index contributed by atoms with van der Waals surface area (Å²) in [5, 5.41) is 34.2. The number of ketones is 1. The number of aliphatic hydroxyl groups excluding tert-OH is 2. The van der Waals surface area contributed by atoms with E-state index in [9.17, 15) is 27.6 Å². The Morgan fingerprint density at radius 1 is 0.853 bits per heavy atom. The number of rotatable bonds is 5. The summed E-state index contributed by atoms with van der Waals surface area (Å²) in [5.74, 6) is -4.30. The summed E-state index contributed by atoms with van der Waals surface area (Å²) >= 11 is 0. The van der Waals surface area contributed by atoms with Gasteiger partial charge < -0.3 is 20.4 Å². The molecule has 10 heteroatoms. The third-order valence-electron chi connectivity index (χ3n) is 4.71. The molecule has 34 heavy (non-hydrogen) atoms. The van der Waals surface area contributed by atoms with Gasteiger partial charge in [0, 0.05) is 11.5 Å². The van der Waals surface area contributed by atoms with Gasteiger partial charge in [-0.05, 0) is 51.0 Å². The van der Waals surface area contributed by atoms with Crippen LogP contribution in [0.25, 0.3) is 0 Å². The molecule has 0 aliphatic rings. The van der Waals surface area contributed by atoms with Crippen LogP contribution in [0.5, 0.6) is 0 Å². The molecule has 2 aromatic carbocycles. The smallest absolute Gasteiger partial charge is 0.414 e. The highest BCUT2D eigenvalue weighted by atomic mass is 19.4. The number of aliphatic hydroxyl groups is 2. The predicted molar refractivity (Wildman–Crippen MR) is 119 cm³/mol. The molecule has 0 fully saturated rings. The molecular formula is C24H29F3O7. The highest BCUT2D eigenvalue weighted by Gasteiger charge is 2.43. The van der Waals surface area contributed by atoms with Crippen LogP contribution in [0.4, 0.5) is 13.2 Å². The Morgan fingerprint density at radius 3 is 1.56 bits per heavy atom. The van der Waals surface area contributed by atoms with Crippen LogP contribution in [0.1, 0.15) is 51.3 Å². The van der Waals surface area contributed by atoms with Crippen molar-refractivity contribution in [1.82, 2.24) is 0 Å². The molecule has 0 saturated carbocycles. The van der Waals surface area contributed by atoms with Gasteiger partial charge in [-0.2, -0.15) is 13.2 Å². The van der Waals surface area contributed by atoms with Crippen LogP contribution in [0.2, 0.25) is 0 Å². The largest absolute Gasteiger partial charge is 0.478 e. The molecule has 0 bridgehead atoms. The Bertz CT molecular complexity index is 947. The van der Waals surface area contributed by atoms with E-state index in [1.165, 1.54) is 6.92 Å². The normalized spacial score (nSPS) is 13.2. The fourth-order valence-electron chi connectivity index (χ4n) is 2.79. The molecule has 0 aliphatic heterocycles. The topological polar surface area (TPSA) is 132 Å². The van der Waals surface area contributed by atoms with Gasteiger partial charge in [0.25, 0.3) is 5.78 Å². The molecule has 0 aromatic heterocycles. The Labute approximate surface area is 195 Å². The number of halogens is 3. The van der Waals surface area contributed by atoms with Gasteiger partial charge in [-0.25, -0.2) is 9.59 Å². The molecule has 3 atom stereocenters. The average molecular weight is 486 g/mol. The number of Topliss-reactive ketones (excluding diaryl/α,β-unsaturated/α-hetero) is 1. The molecule has 0 amide bonds. The van der Waals surface area contributed by atoms with Crippen LogP contribution < -0.4 is 0 Å². The van der Waals surface area contributed by atoms with Crippen molar-refractivity contribution in [2.45, 2.75) is 53.0 Å². The van der Waals surface area contributed by atoms with Crippen LogP contribution >= 0.6 is 0 Å². The monoisotopic (exact) mass is 486 g/mol. The SMILES string of the molecule is CC(O)C(C)C(O)C(F)(F)F.Cc1cc(C)c(C(=O)C(=O)O)c(C)c1.O=C(O)c1ccccc1. The minimum atomic E-state index is -4.64. The number of aliphatic carboxylic acids is 1. The lowest BCUT2D eigenvalue weighted by atomic mass is 9.97. The van der Waals surface area contributed by atoms with Gasteiger partial charge in [0.15, 0.2) is 6.10 Å². The Balaban J connectivity index is 0.000000493. The molecule has 7 nitrogen and oxygen atoms in total. The number of carbonyl (C=O) groups is 3. The molecule has 2 aromatic rings. The first-order valence-electron chi connectivity index (χ1n) is 10.1. The first kappa shape index (κ1) is 30.8. The molecule has 188 valence electrons.